The molecule has 1 aromatic heterocycles. The Morgan fingerprint density at radius 1 is 0.917 bits per heavy atom. The third-order valence-corrected chi connectivity index (χ3v) is 4.65. The average molecular weight is 499 g/mol. The Morgan fingerprint density at radius 2 is 1.61 bits per heavy atom. The fourth-order valence-corrected chi connectivity index (χ4v) is 2.92. The zero-order valence-electron chi connectivity index (χ0n) is 19.3. The summed E-state index contributed by atoms with van der Waals surface area (Å²) >= 11 is 0. The highest BCUT2D eigenvalue weighted by molar-refractivity contribution is 6.07. The van der Waals surface area contributed by atoms with Crippen molar-refractivity contribution in [3.63, 3.8) is 0 Å². The minimum absolute atomic E-state index is 0.00222. The summed E-state index contributed by atoms with van der Waals surface area (Å²) < 4.78 is 33.4. The van der Waals surface area contributed by atoms with Gasteiger partial charge in [-0.2, -0.15) is 0 Å². The zero-order valence-corrected chi connectivity index (χ0v) is 19.3. The van der Waals surface area contributed by atoms with Crippen LogP contribution in [0, 0.1) is 5.82 Å². The Kier molecular flexibility index (Phi) is 8.59. The van der Waals surface area contributed by atoms with Gasteiger partial charge >= 0.3 is 5.97 Å². The average Bonchev–Trinajstić information content (AvgIpc) is 3.42. The summed E-state index contributed by atoms with van der Waals surface area (Å²) in [6, 6.07) is 10.7. The van der Waals surface area contributed by atoms with E-state index < -0.39 is 42.7 Å². The molecule has 0 fully saturated rings. The molecule has 188 valence electrons. The standard InChI is InChI=1S/C24H22FN3O8/c1-33-19-10-16(17(11-20(19)34-2)28-23(31)18-4-3-9-35-18)24(32)36-13-22(30)26-12-21(29)27-15-7-5-14(25)6-8-15/h3-11H,12-13H2,1-2H3,(H,26,30)(H,27,29)(H,28,31). The van der Waals surface area contributed by atoms with Crippen LogP contribution in [0.2, 0.25) is 0 Å². The van der Waals surface area contributed by atoms with Crippen LogP contribution in [0.5, 0.6) is 11.5 Å². The van der Waals surface area contributed by atoms with E-state index in [0.717, 1.165) is 0 Å². The van der Waals surface area contributed by atoms with E-state index in [1.807, 2.05) is 0 Å². The number of halogens is 1. The van der Waals surface area contributed by atoms with Gasteiger partial charge in [-0.25, -0.2) is 9.18 Å². The summed E-state index contributed by atoms with van der Waals surface area (Å²) in [5.41, 5.74) is 0.257. The minimum Gasteiger partial charge on any atom is -0.493 e. The number of amides is 3. The Hall–Kier alpha value is -4.87. The van der Waals surface area contributed by atoms with Crippen molar-refractivity contribution in [1.82, 2.24) is 5.32 Å². The third kappa shape index (κ3) is 6.82. The number of carbonyl (C=O) groups excluding carboxylic acids is 4. The number of anilines is 2. The first-order valence-electron chi connectivity index (χ1n) is 10.4. The Balaban J connectivity index is 1.61. The molecule has 0 aliphatic rings. The van der Waals surface area contributed by atoms with E-state index in [4.69, 9.17) is 18.6 Å². The Morgan fingerprint density at radius 3 is 2.25 bits per heavy atom. The number of esters is 1. The number of benzene rings is 2. The van der Waals surface area contributed by atoms with Gasteiger partial charge in [-0.3, -0.25) is 14.4 Å². The van der Waals surface area contributed by atoms with Crippen molar-refractivity contribution in [2.24, 2.45) is 0 Å². The number of nitrogens with one attached hydrogen (secondary N) is 3. The smallest absolute Gasteiger partial charge is 0.340 e. The molecular formula is C24H22FN3O8. The molecule has 0 radical (unpaired) electrons. The highest BCUT2D eigenvalue weighted by Gasteiger charge is 2.22. The number of ether oxygens (including phenoxy) is 3. The lowest BCUT2D eigenvalue weighted by atomic mass is 10.1. The van der Waals surface area contributed by atoms with Gasteiger partial charge in [-0.05, 0) is 36.4 Å². The summed E-state index contributed by atoms with van der Waals surface area (Å²) in [6.45, 7) is -1.11. The van der Waals surface area contributed by atoms with Gasteiger partial charge in [0.1, 0.15) is 5.82 Å². The first-order chi connectivity index (χ1) is 17.3. The number of hydrogen-bond acceptors (Lipinski definition) is 8. The minimum atomic E-state index is -0.948. The van der Waals surface area contributed by atoms with E-state index in [9.17, 15) is 23.6 Å². The lowest BCUT2D eigenvalue weighted by Gasteiger charge is -2.15. The molecule has 0 aliphatic carbocycles. The second-order valence-corrected chi connectivity index (χ2v) is 7.09. The molecule has 0 saturated heterocycles. The van der Waals surface area contributed by atoms with Crippen molar-refractivity contribution < 1.29 is 42.2 Å². The lowest BCUT2D eigenvalue weighted by molar-refractivity contribution is -0.126. The highest BCUT2D eigenvalue weighted by Crippen LogP contribution is 2.34. The Labute approximate surface area is 204 Å². The number of furan rings is 1. The maximum atomic E-state index is 12.9. The Bertz CT molecular complexity index is 1240. The first-order valence-corrected chi connectivity index (χ1v) is 10.4. The number of hydrogen-bond donors (Lipinski definition) is 3. The third-order valence-electron chi connectivity index (χ3n) is 4.65. The summed E-state index contributed by atoms with van der Waals surface area (Å²) in [5.74, 6) is -2.94. The molecule has 36 heavy (non-hydrogen) atoms. The predicted molar refractivity (Wildman–Crippen MR) is 125 cm³/mol. The van der Waals surface area contributed by atoms with E-state index in [1.54, 1.807) is 0 Å². The summed E-state index contributed by atoms with van der Waals surface area (Å²) in [4.78, 5) is 49.2. The van der Waals surface area contributed by atoms with Crippen LogP contribution in [0.15, 0.2) is 59.2 Å². The fraction of sp³-hybridized carbons (Fsp3) is 0.167. The molecule has 12 heteroatoms. The van der Waals surface area contributed by atoms with Crippen LogP contribution >= 0.6 is 0 Å². The molecule has 0 atom stereocenters. The van der Waals surface area contributed by atoms with Crippen LogP contribution in [-0.4, -0.2) is 51.1 Å². The topological polar surface area (TPSA) is 145 Å². The van der Waals surface area contributed by atoms with E-state index in [1.165, 1.54) is 69.0 Å². The molecule has 0 saturated carbocycles. The van der Waals surface area contributed by atoms with Gasteiger partial charge in [0, 0.05) is 17.8 Å². The molecule has 0 bridgehead atoms. The second kappa shape index (κ2) is 12.0. The van der Waals surface area contributed by atoms with Crippen molar-refractivity contribution in [2.45, 2.75) is 0 Å². The van der Waals surface area contributed by atoms with E-state index in [-0.39, 0.29) is 28.5 Å². The summed E-state index contributed by atoms with van der Waals surface area (Å²) in [5, 5.41) is 7.30. The van der Waals surface area contributed by atoms with Gasteiger partial charge < -0.3 is 34.6 Å². The maximum Gasteiger partial charge on any atom is 0.340 e. The van der Waals surface area contributed by atoms with Crippen LogP contribution in [0.25, 0.3) is 0 Å². The van der Waals surface area contributed by atoms with E-state index in [2.05, 4.69) is 16.0 Å². The van der Waals surface area contributed by atoms with Crippen LogP contribution in [-0.2, 0) is 14.3 Å². The van der Waals surface area contributed by atoms with Gasteiger partial charge in [0.2, 0.25) is 5.91 Å². The van der Waals surface area contributed by atoms with E-state index in [0.29, 0.717) is 5.69 Å². The molecule has 0 aliphatic heterocycles. The first kappa shape index (κ1) is 25.7. The molecule has 1 heterocycles. The van der Waals surface area contributed by atoms with Gasteiger partial charge in [-0.15, -0.1) is 0 Å². The van der Waals surface area contributed by atoms with Crippen LogP contribution in [0.1, 0.15) is 20.9 Å². The molecule has 3 N–H and O–H groups in total. The zero-order chi connectivity index (χ0) is 26.1. The number of rotatable bonds is 10. The largest absolute Gasteiger partial charge is 0.493 e. The van der Waals surface area contributed by atoms with Crippen molar-refractivity contribution in [3.05, 3.63) is 71.9 Å². The van der Waals surface area contributed by atoms with Gasteiger partial charge in [-0.1, -0.05) is 0 Å². The predicted octanol–water partition coefficient (Wildman–Crippen LogP) is 2.60. The van der Waals surface area contributed by atoms with Gasteiger partial charge in [0.05, 0.1) is 38.3 Å². The van der Waals surface area contributed by atoms with Gasteiger partial charge in [0.15, 0.2) is 23.9 Å². The second-order valence-electron chi connectivity index (χ2n) is 7.09. The molecule has 11 nitrogen and oxygen atoms in total. The number of carbonyl (C=O) groups is 4. The van der Waals surface area contributed by atoms with Crippen molar-refractivity contribution >= 4 is 35.1 Å². The van der Waals surface area contributed by atoms with Gasteiger partial charge in [0.25, 0.3) is 11.8 Å². The molecule has 3 amide bonds. The SMILES string of the molecule is COc1cc(NC(=O)c2ccco2)c(C(=O)OCC(=O)NCC(=O)Nc2ccc(F)cc2)cc1OC. The van der Waals surface area contributed by atoms with Crippen LogP contribution in [0.4, 0.5) is 15.8 Å². The maximum absolute atomic E-state index is 12.9. The molecular weight excluding hydrogens is 477 g/mol. The normalized spacial score (nSPS) is 10.2. The lowest BCUT2D eigenvalue weighted by Crippen LogP contribution is -2.35. The summed E-state index contributed by atoms with van der Waals surface area (Å²) in [6.07, 6.45) is 1.32. The molecule has 0 unspecified atom stereocenters. The fourth-order valence-electron chi connectivity index (χ4n) is 2.92. The molecule has 3 rings (SSSR count). The quantitative estimate of drug-likeness (QED) is 0.361. The molecule has 2 aromatic carbocycles. The summed E-state index contributed by atoms with van der Waals surface area (Å²) in [7, 11) is 2.74. The van der Waals surface area contributed by atoms with Crippen LogP contribution < -0.4 is 25.4 Å². The highest BCUT2D eigenvalue weighted by atomic mass is 19.1. The van der Waals surface area contributed by atoms with E-state index >= 15 is 0 Å². The van der Waals surface area contributed by atoms with Crippen molar-refractivity contribution in [1.29, 1.82) is 0 Å². The monoisotopic (exact) mass is 499 g/mol. The molecule has 3 aromatic rings. The van der Waals surface area contributed by atoms with Crippen molar-refractivity contribution in [2.75, 3.05) is 38.0 Å². The van der Waals surface area contributed by atoms with Crippen LogP contribution in [0.3, 0.4) is 0 Å². The molecule has 0 spiro atoms. The van der Waals surface area contributed by atoms with Crippen molar-refractivity contribution in [3.8, 4) is 11.5 Å². The number of methoxy groups -OCH3 is 2.